The number of piperazine rings is 1. The van der Waals surface area contributed by atoms with Crippen LogP contribution in [0.1, 0.15) is 40.1 Å². The molecule has 144 valence electrons. The number of amides is 1. The number of aryl methyl sites for hydroxylation is 2. The smallest absolute Gasteiger partial charge is 0.271 e. The fraction of sp³-hybridized carbons (Fsp3) is 0.474. The number of nitrogens with zero attached hydrogens (tertiary/aromatic N) is 4. The molecular weight excluding hydrogens is 364 g/mol. The SMILES string of the molecule is CCCCc1nc(C)c(C(=O)N2CCN(c3cccc([N+](=O)[O-])c3)CC2)s1. The summed E-state index contributed by atoms with van der Waals surface area (Å²) in [5, 5.41) is 12.0. The topological polar surface area (TPSA) is 79.6 Å². The number of benzene rings is 1. The van der Waals surface area contributed by atoms with Crippen LogP contribution in [0.15, 0.2) is 24.3 Å². The zero-order chi connectivity index (χ0) is 19.4. The number of carbonyl (C=O) groups excluding carboxylic acids is 1. The van der Waals surface area contributed by atoms with Gasteiger partial charge in [0.25, 0.3) is 11.6 Å². The van der Waals surface area contributed by atoms with Crippen molar-refractivity contribution in [3.8, 4) is 0 Å². The van der Waals surface area contributed by atoms with E-state index >= 15 is 0 Å². The number of thiazole rings is 1. The summed E-state index contributed by atoms with van der Waals surface area (Å²) in [5.41, 5.74) is 1.73. The van der Waals surface area contributed by atoms with E-state index in [1.807, 2.05) is 17.9 Å². The lowest BCUT2D eigenvalue weighted by Gasteiger charge is -2.35. The molecule has 0 atom stereocenters. The highest BCUT2D eigenvalue weighted by Gasteiger charge is 2.26. The lowest BCUT2D eigenvalue weighted by molar-refractivity contribution is -0.384. The monoisotopic (exact) mass is 388 g/mol. The fourth-order valence-corrected chi connectivity index (χ4v) is 4.27. The number of rotatable bonds is 6. The van der Waals surface area contributed by atoms with Gasteiger partial charge in [-0.2, -0.15) is 0 Å². The van der Waals surface area contributed by atoms with E-state index in [1.165, 1.54) is 17.4 Å². The van der Waals surface area contributed by atoms with Crippen molar-refractivity contribution in [2.45, 2.75) is 33.1 Å². The van der Waals surface area contributed by atoms with Crippen molar-refractivity contribution < 1.29 is 9.72 Å². The first-order valence-corrected chi connectivity index (χ1v) is 10.1. The average molecular weight is 388 g/mol. The Morgan fingerprint density at radius 3 is 2.70 bits per heavy atom. The molecule has 1 aromatic carbocycles. The van der Waals surface area contributed by atoms with Crippen molar-refractivity contribution in [3.63, 3.8) is 0 Å². The molecule has 1 aliphatic heterocycles. The Hall–Kier alpha value is -2.48. The van der Waals surface area contributed by atoms with E-state index in [1.54, 1.807) is 12.1 Å². The van der Waals surface area contributed by atoms with Gasteiger partial charge in [-0.05, 0) is 25.8 Å². The summed E-state index contributed by atoms with van der Waals surface area (Å²) >= 11 is 1.51. The highest BCUT2D eigenvalue weighted by Crippen LogP contribution is 2.25. The van der Waals surface area contributed by atoms with Crippen LogP contribution in [-0.2, 0) is 6.42 Å². The molecule has 7 nitrogen and oxygen atoms in total. The minimum Gasteiger partial charge on any atom is -0.368 e. The Labute approximate surface area is 162 Å². The van der Waals surface area contributed by atoms with E-state index < -0.39 is 0 Å². The van der Waals surface area contributed by atoms with E-state index in [4.69, 9.17) is 0 Å². The Morgan fingerprint density at radius 2 is 2.04 bits per heavy atom. The van der Waals surface area contributed by atoms with E-state index in [9.17, 15) is 14.9 Å². The van der Waals surface area contributed by atoms with E-state index in [0.717, 1.165) is 40.5 Å². The molecule has 0 bridgehead atoms. The summed E-state index contributed by atoms with van der Waals surface area (Å²) in [7, 11) is 0. The maximum Gasteiger partial charge on any atom is 0.271 e. The van der Waals surface area contributed by atoms with Crippen LogP contribution in [0.3, 0.4) is 0 Å². The second-order valence-corrected chi connectivity index (χ2v) is 7.77. The van der Waals surface area contributed by atoms with Crippen molar-refractivity contribution in [2.24, 2.45) is 0 Å². The van der Waals surface area contributed by atoms with E-state index in [0.29, 0.717) is 26.2 Å². The van der Waals surface area contributed by atoms with Gasteiger partial charge in [-0.25, -0.2) is 4.98 Å². The summed E-state index contributed by atoms with van der Waals surface area (Å²) < 4.78 is 0. The third-order valence-electron chi connectivity index (χ3n) is 4.75. The molecule has 1 aliphatic rings. The first-order valence-electron chi connectivity index (χ1n) is 9.24. The second kappa shape index (κ2) is 8.47. The maximum atomic E-state index is 12.9. The molecule has 0 unspecified atom stereocenters. The Morgan fingerprint density at radius 1 is 1.30 bits per heavy atom. The second-order valence-electron chi connectivity index (χ2n) is 6.68. The minimum atomic E-state index is -0.383. The van der Waals surface area contributed by atoms with Crippen LogP contribution in [0.2, 0.25) is 0 Å². The molecule has 0 radical (unpaired) electrons. The minimum absolute atomic E-state index is 0.0476. The van der Waals surface area contributed by atoms with Crippen LogP contribution < -0.4 is 4.90 Å². The number of unbranched alkanes of at least 4 members (excludes halogenated alkanes) is 1. The lowest BCUT2D eigenvalue weighted by atomic mass is 10.2. The van der Waals surface area contributed by atoms with E-state index in [2.05, 4.69) is 16.8 Å². The molecule has 3 rings (SSSR count). The third-order valence-corrected chi connectivity index (χ3v) is 5.96. The number of anilines is 1. The predicted molar refractivity (Wildman–Crippen MR) is 107 cm³/mol. The number of nitro benzene ring substituents is 1. The molecule has 1 aromatic heterocycles. The molecule has 0 spiro atoms. The molecular formula is C19H24N4O3S. The van der Waals surface area contributed by atoms with Crippen LogP contribution in [-0.4, -0.2) is 46.9 Å². The summed E-state index contributed by atoms with van der Waals surface area (Å²) in [6.45, 7) is 6.57. The molecule has 27 heavy (non-hydrogen) atoms. The quantitative estimate of drug-likeness (QED) is 0.557. The zero-order valence-corrected chi connectivity index (χ0v) is 16.5. The molecule has 1 amide bonds. The Balaban J connectivity index is 1.63. The van der Waals surface area contributed by atoms with Crippen LogP contribution >= 0.6 is 11.3 Å². The molecule has 0 aliphatic carbocycles. The first kappa shape index (κ1) is 19.3. The summed E-state index contributed by atoms with van der Waals surface area (Å²) in [6, 6.07) is 6.65. The van der Waals surface area contributed by atoms with Crippen LogP contribution in [0.25, 0.3) is 0 Å². The van der Waals surface area contributed by atoms with Gasteiger partial charge in [0, 0.05) is 44.0 Å². The highest BCUT2D eigenvalue weighted by atomic mass is 32.1. The predicted octanol–water partition coefficient (Wildman–Crippen LogP) is 3.66. The number of hydrogen-bond donors (Lipinski definition) is 0. The summed E-state index contributed by atoms with van der Waals surface area (Å²) in [4.78, 5) is 32.7. The van der Waals surface area contributed by atoms with E-state index in [-0.39, 0.29) is 16.5 Å². The van der Waals surface area contributed by atoms with Gasteiger partial charge >= 0.3 is 0 Å². The number of carbonyl (C=O) groups is 1. The summed E-state index contributed by atoms with van der Waals surface area (Å²) in [5.74, 6) is 0.0476. The normalized spacial score (nSPS) is 14.4. The molecule has 0 saturated carbocycles. The molecule has 8 heteroatoms. The van der Waals surface area contributed by atoms with Crippen molar-refractivity contribution >= 4 is 28.6 Å². The van der Waals surface area contributed by atoms with Gasteiger partial charge in [-0.15, -0.1) is 11.3 Å². The van der Waals surface area contributed by atoms with Crippen molar-refractivity contribution in [1.82, 2.24) is 9.88 Å². The van der Waals surface area contributed by atoms with Crippen molar-refractivity contribution in [2.75, 3.05) is 31.1 Å². The highest BCUT2D eigenvalue weighted by molar-refractivity contribution is 7.13. The van der Waals surface area contributed by atoms with Crippen LogP contribution in [0.4, 0.5) is 11.4 Å². The van der Waals surface area contributed by atoms with Gasteiger partial charge < -0.3 is 9.80 Å². The zero-order valence-electron chi connectivity index (χ0n) is 15.7. The van der Waals surface area contributed by atoms with Gasteiger partial charge in [0.2, 0.25) is 0 Å². The van der Waals surface area contributed by atoms with Crippen molar-refractivity contribution in [3.05, 3.63) is 50.0 Å². The number of hydrogen-bond acceptors (Lipinski definition) is 6. The lowest BCUT2D eigenvalue weighted by Crippen LogP contribution is -2.48. The maximum absolute atomic E-state index is 12.9. The van der Waals surface area contributed by atoms with Crippen molar-refractivity contribution in [1.29, 1.82) is 0 Å². The Kier molecular flexibility index (Phi) is 6.05. The molecule has 1 saturated heterocycles. The average Bonchev–Trinajstić information content (AvgIpc) is 3.06. The summed E-state index contributed by atoms with van der Waals surface area (Å²) in [6.07, 6.45) is 3.12. The molecule has 0 N–H and O–H groups in total. The van der Waals surface area contributed by atoms with Crippen LogP contribution in [0, 0.1) is 17.0 Å². The number of nitro groups is 1. The largest absolute Gasteiger partial charge is 0.368 e. The fourth-order valence-electron chi connectivity index (χ4n) is 3.20. The Bertz CT molecular complexity index is 828. The van der Waals surface area contributed by atoms with Gasteiger partial charge in [0.1, 0.15) is 4.88 Å². The van der Waals surface area contributed by atoms with Gasteiger partial charge in [0.05, 0.1) is 15.6 Å². The van der Waals surface area contributed by atoms with Gasteiger partial charge in [-0.3, -0.25) is 14.9 Å². The van der Waals surface area contributed by atoms with Crippen LogP contribution in [0.5, 0.6) is 0 Å². The third kappa shape index (κ3) is 4.44. The molecule has 1 fully saturated rings. The van der Waals surface area contributed by atoms with Gasteiger partial charge in [0.15, 0.2) is 0 Å². The van der Waals surface area contributed by atoms with Gasteiger partial charge in [-0.1, -0.05) is 19.4 Å². The first-order chi connectivity index (χ1) is 13.0. The number of non-ortho nitro benzene ring substituents is 1. The standard InChI is InChI=1S/C19H24N4O3S/c1-3-4-8-17-20-14(2)18(27-17)19(24)22-11-9-21(10-12-22)15-6-5-7-16(13-15)23(25)26/h5-7,13H,3-4,8-12H2,1-2H3. The number of aromatic nitrogens is 1. The molecule has 2 heterocycles. The molecule has 2 aromatic rings.